The summed E-state index contributed by atoms with van der Waals surface area (Å²) in [7, 11) is 0. The summed E-state index contributed by atoms with van der Waals surface area (Å²) < 4.78 is 7.71. The van der Waals surface area contributed by atoms with Gasteiger partial charge in [0.05, 0.1) is 13.2 Å². The molecule has 2 heterocycles. The zero-order chi connectivity index (χ0) is 13.0. The Morgan fingerprint density at radius 2 is 2.33 bits per heavy atom. The highest BCUT2D eigenvalue weighted by atomic mass is 16.5. The highest BCUT2D eigenvalue weighted by molar-refractivity contribution is 4.91. The van der Waals surface area contributed by atoms with Crippen molar-refractivity contribution >= 4 is 0 Å². The number of ether oxygens (including phenoxy) is 1. The molecule has 1 atom stereocenters. The molecular formula is C13H24N4O. The van der Waals surface area contributed by atoms with Crippen molar-refractivity contribution in [1.29, 1.82) is 0 Å². The number of hydrogen-bond donors (Lipinski definition) is 0. The predicted octanol–water partition coefficient (Wildman–Crippen LogP) is 1.86. The van der Waals surface area contributed by atoms with Crippen LogP contribution >= 0.6 is 0 Å². The second-order valence-corrected chi connectivity index (χ2v) is 5.17. The minimum absolute atomic E-state index is 0.419. The minimum Gasteiger partial charge on any atom is -0.380 e. The zero-order valence-electron chi connectivity index (χ0n) is 11.7. The van der Waals surface area contributed by atoms with Gasteiger partial charge in [-0.3, -0.25) is 4.90 Å². The van der Waals surface area contributed by atoms with E-state index in [1.165, 1.54) is 12.8 Å². The molecule has 1 aromatic rings. The van der Waals surface area contributed by atoms with E-state index in [2.05, 4.69) is 40.4 Å². The quantitative estimate of drug-likeness (QED) is 0.775. The first-order valence-corrected chi connectivity index (χ1v) is 6.92. The monoisotopic (exact) mass is 252 g/mol. The molecular weight excluding hydrogens is 228 g/mol. The van der Waals surface area contributed by atoms with Gasteiger partial charge in [0.2, 0.25) is 0 Å². The first-order valence-electron chi connectivity index (χ1n) is 6.92. The van der Waals surface area contributed by atoms with Crippen LogP contribution in [0.15, 0.2) is 6.33 Å². The van der Waals surface area contributed by atoms with E-state index >= 15 is 0 Å². The average Bonchev–Trinajstić information content (AvgIpc) is 2.96. The van der Waals surface area contributed by atoms with Gasteiger partial charge in [0.15, 0.2) is 0 Å². The molecule has 1 aromatic heterocycles. The third-order valence-electron chi connectivity index (χ3n) is 3.56. The molecule has 1 aliphatic heterocycles. The maximum atomic E-state index is 5.56. The van der Waals surface area contributed by atoms with E-state index in [-0.39, 0.29) is 0 Å². The highest BCUT2D eigenvalue weighted by Gasteiger charge is 2.26. The number of likely N-dealkylation sites (tertiary alicyclic amines) is 1. The number of hydrogen-bond acceptors (Lipinski definition) is 4. The first kappa shape index (κ1) is 13.5. The Bertz CT molecular complexity index is 364. The smallest absolute Gasteiger partial charge is 0.147 e. The third-order valence-corrected chi connectivity index (χ3v) is 3.56. The van der Waals surface area contributed by atoms with Gasteiger partial charge in [-0.2, -0.15) is 0 Å². The fourth-order valence-corrected chi connectivity index (χ4v) is 2.54. The van der Waals surface area contributed by atoms with Crippen LogP contribution in [0.4, 0.5) is 0 Å². The van der Waals surface area contributed by atoms with Crippen LogP contribution in [0.2, 0.25) is 0 Å². The molecule has 0 radical (unpaired) electrons. The normalized spacial score (nSPS) is 21.0. The Labute approximate surface area is 109 Å². The number of rotatable bonds is 6. The summed E-state index contributed by atoms with van der Waals surface area (Å²) in [4.78, 5) is 2.47. The van der Waals surface area contributed by atoms with E-state index in [4.69, 9.17) is 4.74 Å². The molecule has 0 spiro atoms. The van der Waals surface area contributed by atoms with Gasteiger partial charge >= 0.3 is 0 Å². The number of nitrogens with zero attached hydrogens (tertiary/aromatic N) is 4. The lowest BCUT2D eigenvalue weighted by Crippen LogP contribution is -2.33. The van der Waals surface area contributed by atoms with E-state index < -0.39 is 0 Å². The van der Waals surface area contributed by atoms with Crippen LogP contribution in [0.25, 0.3) is 0 Å². The van der Waals surface area contributed by atoms with Crippen molar-refractivity contribution in [3.8, 4) is 0 Å². The molecule has 0 aliphatic carbocycles. The second kappa shape index (κ2) is 6.29. The van der Waals surface area contributed by atoms with Gasteiger partial charge in [0, 0.05) is 18.7 Å². The molecule has 5 nitrogen and oxygen atoms in total. The van der Waals surface area contributed by atoms with E-state index in [0.29, 0.717) is 12.1 Å². The molecule has 0 saturated carbocycles. The van der Waals surface area contributed by atoms with Gasteiger partial charge in [-0.25, -0.2) is 0 Å². The van der Waals surface area contributed by atoms with Crippen LogP contribution < -0.4 is 0 Å². The summed E-state index contributed by atoms with van der Waals surface area (Å²) in [6.07, 6.45) is 4.32. The van der Waals surface area contributed by atoms with Crippen LogP contribution in [0.3, 0.4) is 0 Å². The Balaban J connectivity index is 1.97. The van der Waals surface area contributed by atoms with Gasteiger partial charge in [-0.15, -0.1) is 10.2 Å². The van der Waals surface area contributed by atoms with Crippen molar-refractivity contribution in [2.24, 2.45) is 0 Å². The minimum atomic E-state index is 0.419. The summed E-state index contributed by atoms with van der Waals surface area (Å²) in [6.45, 7) is 10.0. The van der Waals surface area contributed by atoms with Crippen molar-refractivity contribution < 1.29 is 4.74 Å². The van der Waals surface area contributed by atoms with Gasteiger partial charge in [-0.05, 0) is 40.2 Å². The highest BCUT2D eigenvalue weighted by Crippen LogP contribution is 2.20. The van der Waals surface area contributed by atoms with Crippen LogP contribution in [0, 0.1) is 0 Å². The van der Waals surface area contributed by atoms with Crippen LogP contribution in [0.1, 0.15) is 45.5 Å². The van der Waals surface area contributed by atoms with Crippen LogP contribution in [-0.4, -0.2) is 45.5 Å². The fourth-order valence-electron chi connectivity index (χ4n) is 2.54. The van der Waals surface area contributed by atoms with Crippen LogP contribution in [0.5, 0.6) is 0 Å². The summed E-state index contributed by atoms with van der Waals surface area (Å²) in [5.41, 5.74) is 0. The van der Waals surface area contributed by atoms with Crippen LogP contribution in [-0.2, 0) is 11.3 Å². The van der Waals surface area contributed by atoms with Crippen molar-refractivity contribution in [3.63, 3.8) is 0 Å². The zero-order valence-corrected chi connectivity index (χ0v) is 11.7. The lowest BCUT2D eigenvalue weighted by Gasteiger charge is -2.24. The lowest BCUT2D eigenvalue weighted by atomic mass is 10.2. The molecule has 102 valence electrons. The largest absolute Gasteiger partial charge is 0.380 e. The second-order valence-electron chi connectivity index (χ2n) is 5.17. The molecule has 0 unspecified atom stereocenters. The lowest BCUT2D eigenvalue weighted by molar-refractivity contribution is 0.0807. The standard InChI is InChI=1S/C13H24N4O/c1-4-18-9-12-6-5-7-16(12)8-13-15-14-10-17(13)11(2)3/h10-12H,4-9H2,1-3H3/t12-/m1/s1. The molecule has 0 amide bonds. The van der Waals surface area contributed by atoms with Crippen molar-refractivity contribution in [1.82, 2.24) is 19.7 Å². The maximum Gasteiger partial charge on any atom is 0.147 e. The summed E-state index contributed by atoms with van der Waals surface area (Å²) in [6, 6.07) is 0.963. The van der Waals surface area contributed by atoms with E-state index in [9.17, 15) is 0 Å². The molecule has 5 heteroatoms. The molecule has 0 aromatic carbocycles. The van der Waals surface area contributed by atoms with Gasteiger partial charge in [0.1, 0.15) is 12.2 Å². The Morgan fingerprint density at radius 1 is 1.50 bits per heavy atom. The molecule has 2 rings (SSSR count). The maximum absolute atomic E-state index is 5.56. The van der Waals surface area contributed by atoms with Gasteiger partial charge in [-0.1, -0.05) is 0 Å². The molecule has 0 N–H and O–H groups in total. The SMILES string of the molecule is CCOC[C@H]1CCCN1Cc1nncn1C(C)C. The van der Waals surface area contributed by atoms with Crippen molar-refractivity contribution in [3.05, 3.63) is 12.2 Å². The van der Waals surface area contributed by atoms with E-state index in [1.54, 1.807) is 0 Å². The fraction of sp³-hybridized carbons (Fsp3) is 0.846. The Kier molecular flexibility index (Phi) is 4.72. The predicted molar refractivity (Wildman–Crippen MR) is 70.3 cm³/mol. The molecule has 1 saturated heterocycles. The third kappa shape index (κ3) is 3.09. The number of aromatic nitrogens is 3. The molecule has 0 bridgehead atoms. The summed E-state index contributed by atoms with van der Waals surface area (Å²) in [5.74, 6) is 1.06. The molecule has 1 fully saturated rings. The van der Waals surface area contributed by atoms with Crippen molar-refractivity contribution in [2.75, 3.05) is 19.8 Å². The molecule has 1 aliphatic rings. The Hall–Kier alpha value is -0.940. The first-order chi connectivity index (χ1) is 8.72. The van der Waals surface area contributed by atoms with E-state index in [1.807, 2.05) is 6.33 Å². The van der Waals surface area contributed by atoms with Crippen molar-refractivity contribution in [2.45, 2.75) is 52.2 Å². The summed E-state index contributed by atoms with van der Waals surface area (Å²) in [5, 5.41) is 8.27. The van der Waals surface area contributed by atoms with Gasteiger partial charge < -0.3 is 9.30 Å². The Morgan fingerprint density at radius 3 is 3.06 bits per heavy atom. The topological polar surface area (TPSA) is 43.2 Å². The van der Waals surface area contributed by atoms with E-state index in [0.717, 1.165) is 32.1 Å². The summed E-state index contributed by atoms with van der Waals surface area (Å²) >= 11 is 0. The average molecular weight is 252 g/mol. The molecule has 18 heavy (non-hydrogen) atoms. The van der Waals surface area contributed by atoms with Gasteiger partial charge in [0.25, 0.3) is 0 Å².